The van der Waals surface area contributed by atoms with Crippen LogP contribution in [0.25, 0.3) is 0 Å². The van der Waals surface area contributed by atoms with Crippen molar-refractivity contribution in [3.63, 3.8) is 0 Å². The lowest BCUT2D eigenvalue weighted by Crippen LogP contribution is -2.30. The Morgan fingerprint density at radius 3 is 2.81 bits per heavy atom. The molecule has 116 valence electrons. The number of aryl methyl sites for hydroxylation is 1. The number of halogens is 1. The second-order valence-electron chi connectivity index (χ2n) is 6.17. The molecule has 21 heavy (non-hydrogen) atoms. The minimum atomic E-state index is 0. The third kappa shape index (κ3) is 3.41. The molecule has 1 fully saturated rings. The third-order valence-corrected chi connectivity index (χ3v) is 4.95. The maximum absolute atomic E-state index is 12.5. The van der Waals surface area contributed by atoms with E-state index in [0.717, 1.165) is 37.8 Å². The Balaban J connectivity index is 0.00000161. The molecule has 2 atom stereocenters. The Hall–Kier alpha value is -1.06. The monoisotopic (exact) mass is 308 g/mol. The predicted molar refractivity (Wildman–Crippen MR) is 88.8 cm³/mol. The second-order valence-corrected chi connectivity index (χ2v) is 6.17. The predicted octanol–water partition coefficient (Wildman–Crippen LogP) is 3.30. The van der Waals surface area contributed by atoms with Crippen LogP contribution in [-0.2, 0) is 17.6 Å². The molecule has 0 saturated heterocycles. The number of hydrogen-bond acceptors (Lipinski definition) is 2. The molecule has 0 aromatic heterocycles. The molecule has 1 amide bonds. The number of hydrogen-bond donors (Lipinski definition) is 2. The molecular weight excluding hydrogens is 284 g/mol. The van der Waals surface area contributed by atoms with E-state index in [-0.39, 0.29) is 24.2 Å². The molecule has 1 aromatic carbocycles. The molecule has 0 aliphatic heterocycles. The number of fused-ring (bicyclic) bond motifs is 1. The van der Waals surface area contributed by atoms with Crippen molar-refractivity contribution in [2.75, 3.05) is 11.9 Å². The summed E-state index contributed by atoms with van der Waals surface area (Å²) in [5.41, 5.74) is 9.59. The van der Waals surface area contributed by atoms with E-state index in [1.807, 2.05) is 0 Å². The summed E-state index contributed by atoms with van der Waals surface area (Å²) in [6.45, 7) is 0.630. The Labute approximate surface area is 133 Å². The van der Waals surface area contributed by atoms with Crippen molar-refractivity contribution in [2.45, 2.75) is 44.9 Å². The number of nitrogens with one attached hydrogen (secondary N) is 1. The number of carbonyl (C=O) groups is 1. The molecule has 1 saturated carbocycles. The number of carbonyl (C=O) groups excluding carboxylic acids is 1. The lowest BCUT2D eigenvalue weighted by Gasteiger charge is -2.22. The SMILES string of the molecule is Cl.NC[C@H]1CCC[C@H]1C(=O)Nc1cccc2c1CCCC2. The Kier molecular flexibility index (Phi) is 5.65. The summed E-state index contributed by atoms with van der Waals surface area (Å²) in [6.07, 6.45) is 7.96. The highest BCUT2D eigenvalue weighted by Crippen LogP contribution is 2.33. The van der Waals surface area contributed by atoms with Crippen LogP contribution in [0, 0.1) is 11.8 Å². The summed E-state index contributed by atoms with van der Waals surface area (Å²) in [5.74, 6) is 0.658. The molecule has 3 rings (SSSR count). The summed E-state index contributed by atoms with van der Waals surface area (Å²) < 4.78 is 0. The van der Waals surface area contributed by atoms with Crippen molar-refractivity contribution in [3.05, 3.63) is 29.3 Å². The quantitative estimate of drug-likeness (QED) is 0.900. The van der Waals surface area contributed by atoms with Gasteiger partial charge in [0.2, 0.25) is 5.91 Å². The van der Waals surface area contributed by atoms with E-state index in [1.165, 1.54) is 24.0 Å². The third-order valence-electron chi connectivity index (χ3n) is 4.95. The molecule has 0 bridgehead atoms. The Morgan fingerprint density at radius 2 is 2.00 bits per heavy atom. The van der Waals surface area contributed by atoms with Crippen LogP contribution in [0.3, 0.4) is 0 Å². The first-order valence-corrected chi connectivity index (χ1v) is 7.91. The van der Waals surface area contributed by atoms with Crippen molar-refractivity contribution in [1.29, 1.82) is 0 Å². The van der Waals surface area contributed by atoms with Crippen LogP contribution in [0.4, 0.5) is 5.69 Å². The Morgan fingerprint density at radius 1 is 1.19 bits per heavy atom. The zero-order chi connectivity index (χ0) is 13.9. The molecule has 4 heteroatoms. The van der Waals surface area contributed by atoms with Crippen molar-refractivity contribution in [3.8, 4) is 0 Å². The van der Waals surface area contributed by atoms with Crippen LogP contribution < -0.4 is 11.1 Å². The number of nitrogens with two attached hydrogens (primary N) is 1. The highest BCUT2D eigenvalue weighted by Gasteiger charge is 2.32. The number of amides is 1. The van der Waals surface area contributed by atoms with Crippen molar-refractivity contribution in [2.24, 2.45) is 17.6 Å². The zero-order valence-electron chi connectivity index (χ0n) is 12.4. The molecular formula is C17H25ClN2O. The summed E-state index contributed by atoms with van der Waals surface area (Å²) in [6, 6.07) is 6.31. The van der Waals surface area contributed by atoms with Crippen molar-refractivity contribution < 1.29 is 4.79 Å². The smallest absolute Gasteiger partial charge is 0.227 e. The van der Waals surface area contributed by atoms with E-state index >= 15 is 0 Å². The lowest BCUT2D eigenvalue weighted by atomic mass is 9.90. The van der Waals surface area contributed by atoms with E-state index in [9.17, 15) is 4.79 Å². The normalized spacial score (nSPS) is 24.0. The van der Waals surface area contributed by atoms with E-state index in [2.05, 4.69) is 23.5 Å². The van der Waals surface area contributed by atoms with Crippen LogP contribution in [0.1, 0.15) is 43.2 Å². The van der Waals surface area contributed by atoms with Crippen LogP contribution >= 0.6 is 12.4 Å². The average Bonchev–Trinajstić information content (AvgIpc) is 2.96. The fourth-order valence-electron chi connectivity index (χ4n) is 3.79. The van der Waals surface area contributed by atoms with Gasteiger partial charge in [-0.1, -0.05) is 18.6 Å². The first kappa shape index (κ1) is 16.3. The van der Waals surface area contributed by atoms with Gasteiger partial charge in [0.1, 0.15) is 0 Å². The zero-order valence-corrected chi connectivity index (χ0v) is 13.3. The van der Waals surface area contributed by atoms with E-state index < -0.39 is 0 Å². The molecule has 2 aliphatic rings. The lowest BCUT2D eigenvalue weighted by molar-refractivity contribution is -0.120. The fourth-order valence-corrected chi connectivity index (χ4v) is 3.79. The highest BCUT2D eigenvalue weighted by atomic mass is 35.5. The van der Waals surface area contributed by atoms with Crippen LogP contribution in [0.2, 0.25) is 0 Å². The Bertz CT molecular complexity index is 504. The fraction of sp³-hybridized carbons (Fsp3) is 0.588. The maximum atomic E-state index is 12.5. The number of rotatable bonds is 3. The van der Waals surface area contributed by atoms with Gasteiger partial charge >= 0.3 is 0 Å². The summed E-state index contributed by atoms with van der Waals surface area (Å²) in [5, 5.41) is 3.18. The van der Waals surface area contributed by atoms with Gasteiger partial charge in [-0.15, -0.1) is 12.4 Å². The molecule has 0 unspecified atom stereocenters. The van der Waals surface area contributed by atoms with Crippen LogP contribution in [0.15, 0.2) is 18.2 Å². The standard InChI is InChI=1S/C17H24N2O.ClH/c18-11-13-7-3-9-15(13)17(20)19-16-10-4-6-12-5-1-2-8-14(12)16;/h4,6,10,13,15H,1-3,5,7-9,11,18H2,(H,19,20);1H/t13-,15-;/m1./s1. The van der Waals surface area contributed by atoms with E-state index in [0.29, 0.717) is 12.5 Å². The highest BCUT2D eigenvalue weighted by molar-refractivity contribution is 5.93. The summed E-state index contributed by atoms with van der Waals surface area (Å²) in [4.78, 5) is 12.5. The van der Waals surface area contributed by atoms with Crippen molar-refractivity contribution >= 4 is 24.0 Å². The summed E-state index contributed by atoms with van der Waals surface area (Å²) >= 11 is 0. The molecule has 0 radical (unpaired) electrons. The molecule has 0 heterocycles. The van der Waals surface area contributed by atoms with Crippen LogP contribution in [-0.4, -0.2) is 12.5 Å². The minimum Gasteiger partial charge on any atom is -0.330 e. The molecule has 3 nitrogen and oxygen atoms in total. The van der Waals surface area contributed by atoms with Crippen LogP contribution in [0.5, 0.6) is 0 Å². The van der Waals surface area contributed by atoms with Crippen molar-refractivity contribution in [1.82, 2.24) is 0 Å². The first-order valence-electron chi connectivity index (χ1n) is 7.91. The van der Waals surface area contributed by atoms with Gasteiger partial charge in [-0.3, -0.25) is 4.79 Å². The van der Waals surface area contributed by atoms with E-state index in [4.69, 9.17) is 5.73 Å². The first-order chi connectivity index (χ1) is 9.79. The van der Waals surface area contributed by atoms with Gasteiger partial charge < -0.3 is 11.1 Å². The minimum absolute atomic E-state index is 0. The van der Waals surface area contributed by atoms with Gasteiger partial charge in [0.25, 0.3) is 0 Å². The topological polar surface area (TPSA) is 55.1 Å². The molecule has 2 aliphatic carbocycles. The summed E-state index contributed by atoms with van der Waals surface area (Å²) in [7, 11) is 0. The average molecular weight is 309 g/mol. The van der Waals surface area contributed by atoms with Gasteiger partial charge in [0, 0.05) is 11.6 Å². The van der Waals surface area contributed by atoms with Gasteiger partial charge in [-0.2, -0.15) is 0 Å². The largest absolute Gasteiger partial charge is 0.330 e. The molecule has 0 spiro atoms. The molecule has 3 N–H and O–H groups in total. The maximum Gasteiger partial charge on any atom is 0.227 e. The van der Waals surface area contributed by atoms with Gasteiger partial charge in [0.05, 0.1) is 0 Å². The number of benzene rings is 1. The second kappa shape index (κ2) is 7.28. The van der Waals surface area contributed by atoms with Gasteiger partial charge in [0.15, 0.2) is 0 Å². The van der Waals surface area contributed by atoms with Gasteiger partial charge in [-0.05, 0) is 68.2 Å². The molecule has 1 aromatic rings. The van der Waals surface area contributed by atoms with Gasteiger partial charge in [-0.25, -0.2) is 0 Å². The number of anilines is 1. The van der Waals surface area contributed by atoms with E-state index in [1.54, 1.807) is 0 Å².